The van der Waals surface area contributed by atoms with E-state index in [0.29, 0.717) is 41.3 Å². The van der Waals surface area contributed by atoms with Crippen LogP contribution < -0.4 is 5.32 Å². The standard InChI is InChI=1S/C14H26N4O2S/c1-10(2)7-8-18(4)21(19,20)14-11(3)16-17-13(14)9-15-12-5-6-12/h10,12,15H,5-9H2,1-4H3,(H,16,17). The average Bonchev–Trinajstić information content (AvgIpc) is 3.16. The molecule has 1 fully saturated rings. The molecule has 1 aromatic rings. The van der Waals surface area contributed by atoms with Crippen LogP contribution in [-0.4, -0.2) is 42.6 Å². The smallest absolute Gasteiger partial charge is 0.246 e. The summed E-state index contributed by atoms with van der Waals surface area (Å²) in [5.41, 5.74) is 1.20. The van der Waals surface area contributed by atoms with Gasteiger partial charge < -0.3 is 5.32 Å². The van der Waals surface area contributed by atoms with Crippen molar-refractivity contribution in [2.24, 2.45) is 5.92 Å². The topological polar surface area (TPSA) is 78.1 Å². The Morgan fingerprint density at radius 1 is 1.43 bits per heavy atom. The molecule has 1 aliphatic rings. The minimum atomic E-state index is -3.48. The van der Waals surface area contributed by atoms with Crippen LogP contribution in [0.5, 0.6) is 0 Å². The number of nitrogens with zero attached hydrogens (tertiary/aromatic N) is 2. The minimum absolute atomic E-state index is 0.335. The van der Waals surface area contributed by atoms with Crippen LogP contribution in [0.25, 0.3) is 0 Å². The predicted octanol–water partition coefficient (Wildman–Crippen LogP) is 1.64. The van der Waals surface area contributed by atoms with Crippen molar-refractivity contribution in [1.82, 2.24) is 19.8 Å². The van der Waals surface area contributed by atoms with Crippen molar-refractivity contribution in [2.45, 2.75) is 57.5 Å². The number of H-pyrrole nitrogens is 1. The SMILES string of the molecule is Cc1[nH]nc(CNC2CC2)c1S(=O)(=O)N(C)CCC(C)C. The summed E-state index contributed by atoms with van der Waals surface area (Å²) >= 11 is 0. The molecule has 0 bridgehead atoms. The molecule has 7 heteroatoms. The first kappa shape index (κ1) is 16.5. The molecule has 0 atom stereocenters. The van der Waals surface area contributed by atoms with Gasteiger partial charge in [-0.3, -0.25) is 5.10 Å². The van der Waals surface area contributed by atoms with Crippen molar-refractivity contribution in [2.75, 3.05) is 13.6 Å². The van der Waals surface area contributed by atoms with E-state index in [9.17, 15) is 8.42 Å². The molecule has 0 aromatic carbocycles. The number of sulfonamides is 1. The first-order valence-electron chi connectivity index (χ1n) is 7.56. The Morgan fingerprint density at radius 2 is 2.10 bits per heavy atom. The Balaban J connectivity index is 2.15. The van der Waals surface area contributed by atoms with E-state index in [4.69, 9.17) is 0 Å². The molecule has 2 N–H and O–H groups in total. The van der Waals surface area contributed by atoms with Crippen LogP contribution in [0.3, 0.4) is 0 Å². The van der Waals surface area contributed by atoms with Crippen molar-refractivity contribution in [3.8, 4) is 0 Å². The third-order valence-corrected chi connectivity index (χ3v) is 5.85. The van der Waals surface area contributed by atoms with Gasteiger partial charge in [0.2, 0.25) is 10.0 Å². The third kappa shape index (κ3) is 4.05. The predicted molar refractivity (Wildman–Crippen MR) is 82.5 cm³/mol. The molecule has 1 aromatic heterocycles. The monoisotopic (exact) mass is 314 g/mol. The lowest BCUT2D eigenvalue weighted by Gasteiger charge is -2.18. The Morgan fingerprint density at radius 3 is 2.67 bits per heavy atom. The quantitative estimate of drug-likeness (QED) is 0.764. The summed E-state index contributed by atoms with van der Waals surface area (Å²) in [7, 11) is -1.84. The molecule has 0 radical (unpaired) electrons. The number of aromatic nitrogens is 2. The summed E-state index contributed by atoms with van der Waals surface area (Å²) in [6.45, 7) is 6.97. The first-order chi connectivity index (χ1) is 9.82. The Bertz CT molecular complexity index is 576. The third-order valence-electron chi connectivity index (χ3n) is 3.79. The van der Waals surface area contributed by atoms with Gasteiger partial charge in [-0.25, -0.2) is 12.7 Å². The maximum atomic E-state index is 12.7. The van der Waals surface area contributed by atoms with Crippen molar-refractivity contribution < 1.29 is 8.42 Å². The molecule has 120 valence electrons. The van der Waals surface area contributed by atoms with Gasteiger partial charge in [0.05, 0.1) is 11.4 Å². The van der Waals surface area contributed by atoms with E-state index < -0.39 is 10.0 Å². The van der Waals surface area contributed by atoms with Crippen LogP contribution in [0, 0.1) is 12.8 Å². The molecule has 21 heavy (non-hydrogen) atoms. The van der Waals surface area contributed by atoms with E-state index in [1.807, 2.05) is 0 Å². The number of aromatic amines is 1. The van der Waals surface area contributed by atoms with Crippen molar-refractivity contribution >= 4 is 10.0 Å². The second kappa shape index (κ2) is 6.46. The van der Waals surface area contributed by atoms with Gasteiger partial charge in [-0.15, -0.1) is 0 Å². The summed E-state index contributed by atoms with van der Waals surface area (Å²) < 4.78 is 26.9. The number of rotatable bonds is 8. The lowest BCUT2D eigenvalue weighted by atomic mass is 10.1. The molecule has 1 aliphatic carbocycles. The maximum absolute atomic E-state index is 12.7. The van der Waals surface area contributed by atoms with Gasteiger partial charge in [-0.05, 0) is 32.1 Å². The highest BCUT2D eigenvalue weighted by Crippen LogP contribution is 2.24. The summed E-state index contributed by atoms with van der Waals surface area (Å²) in [4.78, 5) is 0.335. The largest absolute Gasteiger partial charge is 0.308 e. The van der Waals surface area contributed by atoms with Gasteiger partial charge in [-0.1, -0.05) is 13.8 Å². The first-order valence-corrected chi connectivity index (χ1v) is 9.00. The van der Waals surface area contributed by atoms with Crippen LogP contribution in [0.2, 0.25) is 0 Å². The van der Waals surface area contributed by atoms with Crippen molar-refractivity contribution in [3.63, 3.8) is 0 Å². The van der Waals surface area contributed by atoms with Crippen molar-refractivity contribution in [3.05, 3.63) is 11.4 Å². The number of nitrogens with one attached hydrogen (secondary N) is 2. The fourth-order valence-electron chi connectivity index (χ4n) is 2.18. The highest BCUT2D eigenvalue weighted by atomic mass is 32.2. The van der Waals surface area contributed by atoms with Gasteiger partial charge in [-0.2, -0.15) is 5.10 Å². The van der Waals surface area contributed by atoms with Crippen LogP contribution in [0.4, 0.5) is 0 Å². The van der Waals surface area contributed by atoms with Crippen LogP contribution >= 0.6 is 0 Å². The Kier molecular flexibility index (Phi) is 5.06. The second-order valence-electron chi connectivity index (χ2n) is 6.29. The Hall–Kier alpha value is -0.920. The zero-order chi connectivity index (χ0) is 15.6. The number of hydrogen-bond acceptors (Lipinski definition) is 4. The molecule has 1 heterocycles. The summed E-state index contributed by atoms with van der Waals surface area (Å²) in [5.74, 6) is 0.476. The van der Waals surface area contributed by atoms with Gasteiger partial charge >= 0.3 is 0 Å². The van der Waals surface area contributed by atoms with E-state index in [1.54, 1.807) is 14.0 Å². The maximum Gasteiger partial charge on any atom is 0.246 e. The molecule has 6 nitrogen and oxygen atoms in total. The lowest BCUT2D eigenvalue weighted by Crippen LogP contribution is -2.30. The average molecular weight is 314 g/mol. The van der Waals surface area contributed by atoms with Gasteiger partial charge in [0.1, 0.15) is 4.90 Å². The highest BCUT2D eigenvalue weighted by Gasteiger charge is 2.29. The molecule has 0 unspecified atom stereocenters. The van der Waals surface area contributed by atoms with E-state index in [0.717, 1.165) is 6.42 Å². The Labute approximate surface area is 127 Å². The molecule has 0 aliphatic heterocycles. The lowest BCUT2D eigenvalue weighted by molar-refractivity contribution is 0.427. The molecule has 2 rings (SSSR count). The van der Waals surface area contributed by atoms with Gasteiger partial charge in [0, 0.05) is 26.2 Å². The van der Waals surface area contributed by atoms with Crippen LogP contribution in [0.15, 0.2) is 4.90 Å². The number of hydrogen-bond donors (Lipinski definition) is 2. The highest BCUT2D eigenvalue weighted by molar-refractivity contribution is 7.89. The van der Waals surface area contributed by atoms with E-state index in [-0.39, 0.29) is 0 Å². The zero-order valence-electron chi connectivity index (χ0n) is 13.3. The minimum Gasteiger partial charge on any atom is -0.308 e. The fraction of sp³-hybridized carbons (Fsp3) is 0.786. The van der Waals surface area contributed by atoms with E-state index in [1.165, 1.54) is 17.1 Å². The van der Waals surface area contributed by atoms with Crippen molar-refractivity contribution in [1.29, 1.82) is 0 Å². The van der Waals surface area contributed by atoms with Gasteiger partial charge in [0.25, 0.3) is 0 Å². The second-order valence-corrected chi connectivity index (χ2v) is 8.27. The van der Waals surface area contributed by atoms with E-state index in [2.05, 4.69) is 29.4 Å². The van der Waals surface area contributed by atoms with Crippen LogP contribution in [0.1, 0.15) is 44.5 Å². The molecule has 0 amide bonds. The zero-order valence-corrected chi connectivity index (χ0v) is 14.1. The summed E-state index contributed by atoms with van der Waals surface area (Å²) in [5, 5.41) is 10.3. The molecular weight excluding hydrogens is 288 g/mol. The number of aryl methyl sites for hydroxylation is 1. The summed E-state index contributed by atoms with van der Waals surface area (Å²) in [6, 6.07) is 0.524. The fourth-order valence-corrected chi connectivity index (χ4v) is 3.68. The van der Waals surface area contributed by atoms with E-state index >= 15 is 0 Å². The molecule has 0 saturated heterocycles. The normalized spacial score (nSPS) is 16.1. The summed E-state index contributed by atoms with van der Waals surface area (Å²) in [6.07, 6.45) is 3.18. The molecular formula is C14H26N4O2S. The molecule has 1 saturated carbocycles. The molecule has 0 spiro atoms. The van der Waals surface area contributed by atoms with Crippen LogP contribution in [-0.2, 0) is 16.6 Å². The van der Waals surface area contributed by atoms with Gasteiger partial charge in [0.15, 0.2) is 0 Å².